The smallest absolute Gasteiger partial charge is 0.253 e. The van der Waals surface area contributed by atoms with Crippen LogP contribution < -0.4 is 10.6 Å². The molecule has 3 nitrogen and oxygen atoms in total. The highest BCUT2D eigenvalue weighted by molar-refractivity contribution is 5.99. The molecule has 0 atom stereocenters. The Labute approximate surface area is 120 Å². The molecule has 20 heavy (non-hydrogen) atoms. The van der Waals surface area contributed by atoms with Crippen molar-refractivity contribution in [3.05, 3.63) is 65.2 Å². The lowest BCUT2D eigenvalue weighted by Crippen LogP contribution is -2.26. The molecule has 0 aliphatic heterocycles. The molecule has 2 aromatic rings. The lowest BCUT2D eigenvalue weighted by Gasteiger charge is -2.11. The van der Waals surface area contributed by atoms with Crippen LogP contribution >= 0.6 is 0 Å². The molecule has 0 saturated heterocycles. The van der Waals surface area contributed by atoms with Crippen molar-refractivity contribution in [2.24, 2.45) is 0 Å². The molecule has 1 amide bonds. The van der Waals surface area contributed by atoms with Crippen LogP contribution in [0.3, 0.4) is 0 Å². The van der Waals surface area contributed by atoms with Gasteiger partial charge in [-0.15, -0.1) is 0 Å². The van der Waals surface area contributed by atoms with E-state index in [2.05, 4.69) is 22.8 Å². The third-order valence-electron chi connectivity index (χ3n) is 3.23. The van der Waals surface area contributed by atoms with Crippen molar-refractivity contribution in [3.8, 4) is 0 Å². The largest absolute Gasteiger partial charge is 0.387 e. The molecule has 3 heteroatoms. The van der Waals surface area contributed by atoms with Gasteiger partial charge in [-0.3, -0.25) is 4.79 Å². The summed E-state index contributed by atoms with van der Waals surface area (Å²) in [6.07, 6.45) is 0.841. The summed E-state index contributed by atoms with van der Waals surface area (Å²) >= 11 is 0. The van der Waals surface area contributed by atoms with Crippen LogP contribution in [-0.4, -0.2) is 19.5 Å². The molecule has 0 aromatic heterocycles. The van der Waals surface area contributed by atoms with Crippen LogP contribution in [-0.2, 0) is 6.42 Å². The highest BCUT2D eigenvalue weighted by Gasteiger charge is 2.10. The summed E-state index contributed by atoms with van der Waals surface area (Å²) in [5, 5.41) is 6.02. The third-order valence-corrected chi connectivity index (χ3v) is 3.23. The minimum Gasteiger partial charge on any atom is -0.387 e. The summed E-state index contributed by atoms with van der Waals surface area (Å²) in [5.41, 5.74) is 3.86. The molecule has 0 heterocycles. The molecular weight excluding hydrogens is 248 g/mol. The molecule has 0 unspecified atom stereocenters. The van der Waals surface area contributed by atoms with Crippen LogP contribution in [0.15, 0.2) is 48.5 Å². The van der Waals surface area contributed by atoms with Gasteiger partial charge in [0.2, 0.25) is 0 Å². The second kappa shape index (κ2) is 6.75. The van der Waals surface area contributed by atoms with E-state index >= 15 is 0 Å². The Bertz CT molecular complexity index is 579. The average molecular weight is 268 g/mol. The van der Waals surface area contributed by atoms with Crippen molar-refractivity contribution >= 4 is 11.6 Å². The standard InChI is InChI=1S/C17H20N2O/c1-13-8-9-16(18-2)15(12-13)17(20)19-11-10-14-6-4-3-5-7-14/h3-9,12,18H,10-11H2,1-2H3,(H,19,20). The maximum atomic E-state index is 12.2. The van der Waals surface area contributed by atoms with E-state index in [1.54, 1.807) is 0 Å². The van der Waals surface area contributed by atoms with Gasteiger partial charge in [0.25, 0.3) is 5.91 Å². The Hall–Kier alpha value is -2.29. The van der Waals surface area contributed by atoms with Gasteiger partial charge in [0.05, 0.1) is 5.56 Å². The van der Waals surface area contributed by atoms with Crippen molar-refractivity contribution in [1.29, 1.82) is 0 Å². The van der Waals surface area contributed by atoms with Crippen LogP contribution in [0.5, 0.6) is 0 Å². The van der Waals surface area contributed by atoms with Crippen molar-refractivity contribution in [2.75, 3.05) is 18.9 Å². The Morgan fingerprint density at radius 1 is 1.10 bits per heavy atom. The molecule has 0 bridgehead atoms. The monoisotopic (exact) mass is 268 g/mol. The second-order valence-corrected chi connectivity index (χ2v) is 4.79. The summed E-state index contributed by atoms with van der Waals surface area (Å²) in [6.45, 7) is 2.63. The van der Waals surface area contributed by atoms with E-state index < -0.39 is 0 Å². The lowest BCUT2D eigenvalue weighted by molar-refractivity contribution is 0.0955. The third kappa shape index (κ3) is 3.60. The first-order valence-corrected chi connectivity index (χ1v) is 6.81. The molecule has 0 aliphatic carbocycles. The lowest BCUT2D eigenvalue weighted by atomic mass is 10.1. The summed E-state index contributed by atoms with van der Waals surface area (Å²) < 4.78 is 0. The van der Waals surface area contributed by atoms with Gasteiger partial charge in [-0.2, -0.15) is 0 Å². The number of hydrogen-bond donors (Lipinski definition) is 2. The SMILES string of the molecule is CNc1ccc(C)cc1C(=O)NCCc1ccccc1. The fourth-order valence-electron chi connectivity index (χ4n) is 2.12. The number of nitrogens with one attached hydrogen (secondary N) is 2. The van der Waals surface area contributed by atoms with Crippen LogP contribution in [0.4, 0.5) is 5.69 Å². The van der Waals surface area contributed by atoms with E-state index in [-0.39, 0.29) is 5.91 Å². The molecule has 104 valence electrons. The number of amides is 1. The molecule has 2 N–H and O–H groups in total. The Morgan fingerprint density at radius 2 is 1.85 bits per heavy atom. The van der Waals surface area contributed by atoms with Crippen molar-refractivity contribution in [1.82, 2.24) is 5.32 Å². The average Bonchev–Trinajstić information content (AvgIpc) is 2.48. The highest BCUT2D eigenvalue weighted by atomic mass is 16.1. The first kappa shape index (κ1) is 14.1. The van der Waals surface area contributed by atoms with Gasteiger partial charge in [-0.25, -0.2) is 0 Å². The first-order valence-electron chi connectivity index (χ1n) is 6.81. The number of benzene rings is 2. The first-order chi connectivity index (χ1) is 9.70. The van der Waals surface area contributed by atoms with Crippen molar-refractivity contribution in [2.45, 2.75) is 13.3 Å². The van der Waals surface area contributed by atoms with E-state index in [0.29, 0.717) is 12.1 Å². The van der Waals surface area contributed by atoms with Gasteiger partial charge < -0.3 is 10.6 Å². The van der Waals surface area contributed by atoms with E-state index in [9.17, 15) is 4.79 Å². The van der Waals surface area contributed by atoms with Crippen molar-refractivity contribution in [3.63, 3.8) is 0 Å². The number of rotatable bonds is 5. The van der Waals surface area contributed by atoms with Crippen LogP contribution in [0.1, 0.15) is 21.5 Å². The second-order valence-electron chi connectivity index (χ2n) is 4.79. The maximum Gasteiger partial charge on any atom is 0.253 e. The molecular formula is C17H20N2O. The normalized spacial score (nSPS) is 10.1. The van der Waals surface area contributed by atoms with Crippen LogP contribution in [0.25, 0.3) is 0 Å². The zero-order valence-electron chi connectivity index (χ0n) is 11.9. The summed E-state index contributed by atoms with van der Waals surface area (Å²) in [5.74, 6) is -0.0334. The summed E-state index contributed by atoms with van der Waals surface area (Å²) in [7, 11) is 1.82. The highest BCUT2D eigenvalue weighted by Crippen LogP contribution is 2.16. The van der Waals surface area contributed by atoms with E-state index in [0.717, 1.165) is 17.7 Å². The van der Waals surface area contributed by atoms with Gasteiger partial charge in [0.15, 0.2) is 0 Å². The number of carbonyl (C=O) groups is 1. The molecule has 0 fully saturated rings. The van der Waals surface area contributed by atoms with Gasteiger partial charge in [0.1, 0.15) is 0 Å². The minimum atomic E-state index is -0.0334. The topological polar surface area (TPSA) is 41.1 Å². The molecule has 0 radical (unpaired) electrons. The van der Waals surface area contributed by atoms with Gasteiger partial charge in [-0.1, -0.05) is 42.0 Å². The Morgan fingerprint density at radius 3 is 2.55 bits per heavy atom. The van der Waals surface area contributed by atoms with Gasteiger partial charge in [0, 0.05) is 19.3 Å². The Kier molecular flexibility index (Phi) is 4.77. The predicted molar refractivity (Wildman–Crippen MR) is 83.2 cm³/mol. The van der Waals surface area contributed by atoms with Crippen LogP contribution in [0.2, 0.25) is 0 Å². The predicted octanol–water partition coefficient (Wildman–Crippen LogP) is 3.01. The number of carbonyl (C=O) groups excluding carboxylic acids is 1. The van der Waals surface area contributed by atoms with Crippen molar-refractivity contribution < 1.29 is 4.79 Å². The van der Waals surface area contributed by atoms with Gasteiger partial charge >= 0.3 is 0 Å². The molecule has 0 spiro atoms. The minimum absolute atomic E-state index is 0.0334. The molecule has 0 saturated carbocycles. The van der Waals surface area contributed by atoms with Crippen LogP contribution in [0, 0.1) is 6.92 Å². The molecule has 0 aliphatic rings. The summed E-state index contributed by atoms with van der Waals surface area (Å²) in [6, 6.07) is 16.0. The van der Waals surface area contributed by atoms with E-state index in [1.165, 1.54) is 5.56 Å². The van der Waals surface area contributed by atoms with E-state index in [1.807, 2.05) is 50.4 Å². The molecule has 2 aromatic carbocycles. The number of aryl methyl sites for hydroxylation is 1. The van der Waals surface area contributed by atoms with E-state index in [4.69, 9.17) is 0 Å². The number of anilines is 1. The Balaban J connectivity index is 1.97. The van der Waals surface area contributed by atoms with Gasteiger partial charge in [-0.05, 0) is 31.0 Å². The zero-order valence-corrected chi connectivity index (χ0v) is 11.9. The fraction of sp³-hybridized carbons (Fsp3) is 0.235. The molecule has 2 rings (SSSR count). The zero-order chi connectivity index (χ0) is 14.4. The quantitative estimate of drug-likeness (QED) is 0.875. The maximum absolute atomic E-state index is 12.2. The fourth-order valence-corrected chi connectivity index (χ4v) is 2.12. The number of hydrogen-bond acceptors (Lipinski definition) is 2. The summed E-state index contributed by atoms with van der Waals surface area (Å²) in [4.78, 5) is 12.2.